The maximum atomic E-state index is 12.8. The first-order valence-corrected chi connectivity index (χ1v) is 24.1. The van der Waals surface area contributed by atoms with E-state index in [1.165, 1.54) is 38.5 Å². The number of aliphatic hydroxyl groups is 1. The van der Waals surface area contributed by atoms with E-state index in [-0.39, 0.29) is 19.1 Å². The van der Waals surface area contributed by atoms with Crippen LogP contribution in [0.5, 0.6) is 0 Å². The third kappa shape index (κ3) is 41.6. The van der Waals surface area contributed by atoms with E-state index in [0.717, 1.165) is 96.3 Å². The van der Waals surface area contributed by atoms with Crippen molar-refractivity contribution in [1.82, 2.24) is 5.32 Å². The highest BCUT2D eigenvalue weighted by Crippen LogP contribution is 2.43. The second-order valence-electron chi connectivity index (χ2n) is 16.0. The summed E-state index contributed by atoms with van der Waals surface area (Å²) in [6.07, 6.45) is 56.5. The number of likely N-dealkylation sites (N-methyl/N-ethyl adjacent to an activating group) is 1. The molecule has 0 radical (unpaired) electrons. The second kappa shape index (κ2) is 39.9. The summed E-state index contributed by atoms with van der Waals surface area (Å²) >= 11 is 0. The van der Waals surface area contributed by atoms with E-state index in [2.05, 4.69) is 104 Å². The quantitative estimate of drug-likeness (QED) is 0.0247. The lowest BCUT2D eigenvalue weighted by molar-refractivity contribution is -0.870. The summed E-state index contributed by atoms with van der Waals surface area (Å²) in [6, 6.07) is -0.856. The number of carbonyl (C=O) groups excluding carboxylic acids is 1. The molecule has 0 heterocycles. The molecule has 9 heteroatoms. The minimum Gasteiger partial charge on any atom is -0.387 e. The van der Waals surface area contributed by atoms with Crippen molar-refractivity contribution in [1.29, 1.82) is 0 Å². The fourth-order valence-corrected chi connectivity index (χ4v) is 6.46. The number of allylic oxidation sites excluding steroid dienone is 15. The van der Waals surface area contributed by atoms with Crippen LogP contribution in [0.3, 0.4) is 0 Å². The molecule has 0 aromatic rings. The van der Waals surface area contributed by atoms with Crippen LogP contribution in [0.15, 0.2) is 97.2 Å². The van der Waals surface area contributed by atoms with E-state index < -0.39 is 20.0 Å². The van der Waals surface area contributed by atoms with E-state index in [1.54, 1.807) is 6.08 Å². The number of quaternary nitrogens is 1. The molecule has 0 rings (SSSR count). The Morgan fingerprint density at radius 2 is 1.03 bits per heavy atom. The van der Waals surface area contributed by atoms with Gasteiger partial charge in [0.25, 0.3) is 0 Å². The van der Waals surface area contributed by atoms with Crippen LogP contribution in [-0.4, -0.2) is 73.4 Å². The van der Waals surface area contributed by atoms with Gasteiger partial charge in [0.05, 0.1) is 39.9 Å². The van der Waals surface area contributed by atoms with Crippen molar-refractivity contribution in [3.63, 3.8) is 0 Å². The van der Waals surface area contributed by atoms with E-state index in [1.807, 2.05) is 27.2 Å². The monoisotopic (exact) mass is 830 g/mol. The average Bonchev–Trinajstić information content (AvgIpc) is 3.17. The topological polar surface area (TPSA) is 105 Å². The molecule has 0 spiro atoms. The van der Waals surface area contributed by atoms with Gasteiger partial charge in [0.2, 0.25) is 5.91 Å². The Hall–Kier alpha value is -2.58. The number of nitrogens with zero attached hydrogens (tertiary/aromatic N) is 1. The van der Waals surface area contributed by atoms with Crippen molar-refractivity contribution in [2.75, 3.05) is 40.9 Å². The van der Waals surface area contributed by atoms with Crippen molar-refractivity contribution >= 4 is 13.7 Å². The van der Waals surface area contributed by atoms with Gasteiger partial charge in [0.15, 0.2) is 0 Å². The summed E-state index contributed by atoms with van der Waals surface area (Å²) in [5.41, 5.74) is 0. The highest BCUT2D eigenvalue weighted by atomic mass is 31.2. The molecule has 0 bridgehead atoms. The SMILES string of the molecule is CC/C=C\C/C=C\C/C=C\C/C=C\C/C=C\C/C=C\C/C=C\CCCCCCCCCC(=O)NC(COP(=O)(O)OCC[N+](C)(C)C)C(O)/C=C/CCCCCCC. The number of hydrogen-bond donors (Lipinski definition) is 3. The normalized spacial score (nSPS) is 15.2. The molecule has 0 aliphatic heterocycles. The van der Waals surface area contributed by atoms with Crippen molar-refractivity contribution < 1.29 is 32.9 Å². The van der Waals surface area contributed by atoms with Gasteiger partial charge < -0.3 is 19.8 Å². The highest BCUT2D eigenvalue weighted by Gasteiger charge is 2.27. The predicted molar refractivity (Wildman–Crippen MR) is 249 cm³/mol. The molecule has 0 saturated heterocycles. The fraction of sp³-hybridized carbons (Fsp3) is 0.653. The third-order valence-corrected chi connectivity index (χ3v) is 10.3. The molecule has 0 fully saturated rings. The Kier molecular flexibility index (Phi) is 38.1. The fourth-order valence-electron chi connectivity index (χ4n) is 5.72. The number of nitrogens with one attached hydrogen (secondary N) is 1. The Labute approximate surface area is 356 Å². The van der Waals surface area contributed by atoms with Gasteiger partial charge in [-0.25, -0.2) is 4.57 Å². The Balaban J connectivity index is 4.18. The molecule has 3 N–H and O–H groups in total. The number of unbranched alkanes of at least 4 members (excludes halogenated alkanes) is 12. The van der Waals surface area contributed by atoms with Gasteiger partial charge in [-0.2, -0.15) is 0 Å². The number of rotatable bonds is 39. The molecular weight excluding hydrogens is 744 g/mol. The Morgan fingerprint density at radius 1 is 0.603 bits per heavy atom. The molecule has 3 atom stereocenters. The molecule has 58 heavy (non-hydrogen) atoms. The Morgan fingerprint density at radius 3 is 1.52 bits per heavy atom. The molecule has 0 aromatic carbocycles. The van der Waals surface area contributed by atoms with Gasteiger partial charge in [-0.1, -0.05) is 169 Å². The minimum absolute atomic E-state index is 0.0531. The number of phosphoric acid groups is 1. The number of phosphoric ester groups is 1. The lowest BCUT2D eigenvalue weighted by atomic mass is 10.1. The van der Waals surface area contributed by atoms with E-state index in [4.69, 9.17) is 9.05 Å². The molecule has 0 saturated carbocycles. The van der Waals surface area contributed by atoms with Crippen LogP contribution in [0, 0.1) is 0 Å². The number of aliphatic hydroxyl groups excluding tert-OH is 1. The number of carbonyl (C=O) groups is 1. The number of hydrogen-bond acceptors (Lipinski definition) is 5. The van der Waals surface area contributed by atoms with Gasteiger partial charge in [-0.05, 0) is 77.0 Å². The lowest BCUT2D eigenvalue weighted by Crippen LogP contribution is -2.45. The summed E-state index contributed by atoms with van der Waals surface area (Å²) in [7, 11) is 1.54. The maximum absolute atomic E-state index is 12.8. The molecule has 0 aromatic heterocycles. The smallest absolute Gasteiger partial charge is 0.387 e. The van der Waals surface area contributed by atoms with Crippen molar-refractivity contribution in [3.8, 4) is 0 Å². The average molecular weight is 830 g/mol. The van der Waals surface area contributed by atoms with Gasteiger partial charge in [-0.3, -0.25) is 13.8 Å². The van der Waals surface area contributed by atoms with Crippen LogP contribution < -0.4 is 5.32 Å². The van der Waals surface area contributed by atoms with Crippen LogP contribution in [0.1, 0.15) is 155 Å². The predicted octanol–water partition coefficient (Wildman–Crippen LogP) is 12.7. The van der Waals surface area contributed by atoms with Gasteiger partial charge in [0, 0.05) is 6.42 Å². The zero-order valence-corrected chi connectivity index (χ0v) is 38.4. The largest absolute Gasteiger partial charge is 0.472 e. The van der Waals surface area contributed by atoms with Gasteiger partial charge in [0.1, 0.15) is 13.2 Å². The first-order chi connectivity index (χ1) is 28.0. The Bertz CT molecular complexity index is 1260. The molecular formula is C49H86N2O6P+. The second-order valence-corrected chi connectivity index (χ2v) is 17.5. The molecule has 332 valence electrons. The van der Waals surface area contributed by atoms with Crippen LogP contribution >= 0.6 is 7.82 Å². The van der Waals surface area contributed by atoms with Crippen molar-refractivity contribution in [2.24, 2.45) is 0 Å². The van der Waals surface area contributed by atoms with Crippen LogP contribution in [0.2, 0.25) is 0 Å². The lowest BCUT2D eigenvalue weighted by Gasteiger charge is -2.25. The first kappa shape index (κ1) is 55.4. The van der Waals surface area contributed by atoms with E-state index >= 15 is 0 Å². The zero-order valence-electron chi connectivity index (χ0n) is 37.5. The standard InChI is InChI=1S/C49H85N2O6P/c1-6-8-10-12-14-15-16-17-18-19-20-21-22-23-24-25-26-27-28-29-30-31-32-33-34-35-37-39-41-43-49(53)50-47(48(52)42-40-38-36-13-11-9-7-2)46-57-58(54,55)56-45-44-51(3,4)5/h8,10,14-15,17-18,20-21,23-24,26-27,29-30,40,42,47-48,52H,6-7,9,11-13,16,19,22,25,28,31-39,41,43-46H2,1-5H3,(H-,50,53,54,55)/p+1/b10-8-,15-14-,18-17-,21-20-,24-23-,27-26-,30-29-,42-40+. The van der Waals surface area contributed by atoms with Crippen LogP contribution in [-0.2, 0) is 18.4 Å². The van der Waals surface area contributed by atoms with Gasteiger partial charge >= 0.3 is 7.82 Å². The molecule has 3 unspecified atom stereocenters. The summed E-state index contributed by atoms with van der Waals surface area (Å²) < 4.78 is 23.4. The first-order valence-electron chi connectivity index (χ1n) is 22.6. The zero-order chi connectivity index (χ0) is 42.8. The van der Waals surface area contributed by atoms with Crippen molar-refractivity contribution in [2.45, 2.75) is 167 Å². The highest BCUT2D eigenvalue weighted by molar-refractivity contribution is 7.47. The van der Waals surface area contributed by atoms with Crippen LogP contribution in [0.4, 0.5) is 0 Å². The van der Waals surface area contributed by atoms with Gasteiger partial charge in [-0.15, -0.1) is 0 Å². The minimum atomic E-state index is -4.34. The van der Waals surface area contributed by atoms with E-state index in [0.29, 0.717) is 17.4 Å². The summed E-state index contributed by atoms with van der Waals surface area (Å²) in [4.78, 5) is 23.0. The number of amides is 1. The van der Waals surface area contributed by atoms with Crippen molar-refractivity contribution in [3.05, 3.63) is 97.2 Å². The molecule has 8 nitrogen and oxygen atoms in total. The molecule has 1 amide bonds. The van der Waals surface area contributed by atoms with E-state index in [9.17, 15) is 19.4 Å². The summed E-state index contributed by atoms with van der Waals surface area (Å²) in [6.45, 7) is 4.60. The van der Waals surface area contributed by atoms with Crippen LogP contribution in [0.25, 0.3) is 0 Å². The summed E-state index contributed by atoms with van der Waals surface area (Å²) in [5, 5.41) is 13.7. The molecule has 0 aliphatic carbocycles. The summed E-state index contributed by atoms with van der Waals surface area (Å²) in [5.74, 6) is -0.199. The molecule has 0 aliphatic rings. The maximum Gasteiger partial charge on any atom is 0.472 e. The third-order valence-electron chi connectivity index (χ3n) is 9.31.